The number of imidazole rings is 1. The van der Waals surface area contributed by atoms with Gasteiger partial charge >= 0.3 is 0 Å². The molecular weight excluding hydrogens is 278 g/mol. The van der Waals surface area contributed by atoms with Gasteiger partial charge in [-0.2, -0.15) is 0 Å². The number of ether oxygens (including phenoxy) is 1. The smallest absolute Gasteiger partial charge is 0.118 e. The zero-order chi connectivity index (χ0) is 15.0. The third-order valence-corrected chi connectivity index (χ3v) is 4.93. The first-order chi connectivity index (χ1) is 10.7. The van der Waals surface area contributed by atoms with Crippen LogP contribution >= 0.6 is 0 Å². The van der Waals surface area contributed by atoms with Gasteiger partial charge in [-0.1, -0.05) is 0 Å². The maximum Gasteiger partial charge on any atom is 0.118 e. The number of aromatic nitrogens is 2. The van der Waals surface area contributed by atoms with Crippen molar-refractivity contribution in [1.29, 1.82) is 0 Å². The Labute approximate surface area is 130 Å². The summed E-state index contributed by atoms with van der Waals surface area (Å²) in [5, 5.41) is 0. The zero-order valence-electron chi connectivity index (χ0n) is 13.1. The normalized spacial score (nSPS) is 29.4. The largest absolute Gasteiger partial charge is 0.465 e. The molecule has 5 nitrogen and oxygen atoms in total. The van der Waals surface area contributed by atoms with Crippen LogP contribution in [0.1, 0.15) is 36.8 Å². The molecule has 0 aromatic carbocycles. The minimum atomic E-state index is 0.00875. The van der Waals surface area contributed by atoms with E-state index in [0.29, 0.717) is 6.04 Å². The van der Waals surface area contributed by atoms with Crippen molar-refractivity contribution in [3.05, 3.63) is 42.4 Å². The first kappa shape index (κ1) is 14.0. The number of hydrogen-bond donors (Lipinski definition) is 0. The molecule has 2 aromatic rings. The summed E-state index contributed by atoms with van der Waals surface area (Å²) in [6.45, 7) is 5.80. The van der Waals surface area contributed by atoms with E-state index in [1.807, 2.05) is 31.7 Å². The molecule has 5 heteroatoms. The van der Waals surface area contributed by atoms with Crippen LogP contribution in [-0.4, -0.2) is 39.7 Å². The van der Waals surface area contributed by atoms with Gasteiger partial charge in [-0.15, -0.1) is 0 Å². The fraction of sp³-hybridized carbons (Fsp3) is 0.588. The van der Waals surface area contributed by atoms with Gasteiger partial charge in [0.25, 0.3) is 0 Å². The molecule has 0 aliphatic carbocycles. The van der Waals surface area contributed by atoms with E-state index in [2.05, 4.69) is 20.5 Å². The highest BCUT2D eigenvalue weighted by Crippen LogP contribution is 2.39. The zero-order valence-corrected chi connectivity index (χ0v) is 13.1. The van der Waals surface area contributed by atoms with E-state index in [0.717, 1.165) is 50.6 Å². The molecule has 2 fully saturated rings. The summed E-state index contributed by atoms with van der Waals surface area (Å²) in [6.07, 6.45) is 9.22. The van der Waals surface area contributed by atoms with Crippen LogP contribution in [0.15, 0.2) is 35.3 Å². The van der Waals surface area contributed by atoms with Crippen LogP contribution in [0, 0.1) is 6.92 Å². The summed E-state index contributed by atoms with van der Waals surface area (Å²) in [7, 11) is 0. The van der Waals surface area contributed by atoms with Gasteiger partial charge in [0.2, 0.25) is 0 Å². The van der Waals surface area contributed by atoms with Gasteiger partial charge in [0.05, 0.1) is 31.1 Å². The van der Waals surface area contributed by atoms with Crippen LogP contribution < -0.4 is 0 Å². The molecule has 2 atom stereocenters. The van der Waals surface area contributed by atoms with Crippen molar-refractivity contribution >= 4 is 0 Å². The third-order valence-electron chi connectivity index (χ3n) is 4.93. The number of rotatable bonds is 3. The Balaban J connectivity index is 1.42. The number of nitrogens with zero attached hydrogens (tertiary/aromatic N) is 3. The number of piperidine rings is 1. The molecule has 118 valence electrons. The molecule has 4 rings (SSSR count). The van der Waals surface area contributed by atoms with Crippen molar-refractivity contribution < 1.29 is 9.15 Å². The van der Waals surface area contributed by atoms with Gasteiger partial charge in [0.1, 0.15) is 11.5 Å². The van der Waals surface area contributed by atoms with E-state index >= 15 is 0 Å². The molecule has 2 aromatic heterocycles. The molecule has 22 heavy (non-hydrogen) atoms. The molecule has 0 radical (unpaired) electrons. The first-order valence-corrected chi connectivity index (χ1v) is 8.12. The minimum Gasteiger partial charge on any atom is -0.465 e. The van der Waals surface area contributed by atoms with Gasteiger partial charge in [-0.3, -0.25) is 4.90 Å². The van der Waals surface area contributed by atoms with Gasteiger partial charge in [0, 0.05) is 25.4 Å². The average Bonchev–Trinajstić information content (AvgIpc) is 3.21. The standard InChI is InChI=1S/C17H23N3O2/c1-14-3-4-16(22-14)10-19-7-2-5-17(12-19)9-15(11-21-17)20-8-6-18-13-20/h3-4,6,8,13,15H,2,5,7,9-12H2,1H3/t15-,17-/m1/s1. The summed E-state index contributed by atoms with van der Waals surface area (Å²) in [6, 6.07) is 4.55. The molecule has 0 unspecified atom stereocenters. The van der Waals surface area contributed by atoms with E-state index < -0.39 is 0 Å². The Kier molecular flexibility index (Phi) is 3.54. The second kappa shape index (κ2) is 5.56. The quantitative estimate of drug-likeness (QED) is 0.874. The summed E-state index contributed by atoms with van der Waals surface area (Å²) < 4.78 is 14.2. The molecular formula is C17H23N3O2. The summed E-state index contributed by atoms with van der Waals surface area (Å²) in [4.78, 5) is 6.63. The fourth-order valence-electron chi connectivity index (χ4n) is 3.90. The van der Waals surface area contributed by atoms with E-state index in [9.17, 15) is 0 Å². The minimum absolute atomic E-state index is 0.00875. The average molecular weight is 301 g/mol. The van der Waals surface area contributed by atoms with Crippen molar-refractivity contribution in [3.8, 4) is 0 Å². The van der Waals surface area contributed by atoms with Crippen molar-refractivity contribution in [3.63, 3.8) is 0 Å². The van der Waals surface area contributed by atoms with E-state index in [1.165, 1.54) is 6.42 Å². The Morgan fingerprint density at radius 2 is 2.36 bits per heavy atom. The molecule has 2 aliphatic rings. The lowest BCUT2D eigenvalue weighted by molar-refractivity contribution is -0.0546. The highest BCUT2D eigenvalue weighted by molar-refractivity contribution is 5.06. The van der Waals surface area contributed by atoms with Gasteiger partial charge in [-0.25, -0.2) is 4.98 Å². The highest BCUT2D eigenvalue weighted by atomic mass is 16.5. The number of hydrogen-bond acceptors (Lipinski definition) is 4. The Bertz CT molecular complexity index is 622. The summed E-state index contributed by atoms with van der Waals surface area (Å²) in [5.74, 6) is 2.04. The predicted molar refractivity (Wildman–Crippen MR) is 82.5 cm³/mol. The molecule has 4 heterocycles. The van der Waals surface area contributed by atoms with Crippen molar-refractivity contribution in [1.82, 2.24) is 14.5 Å². The number of furan rings is 1. The van der Waals surface area contributed by atoms with E-state index in [4.69, 9.17) is 9.15 Å². The van der Waals surface area contributed by atoms with Crippen LogP contribution in [0.25, 0.3) is 0 Å². The van der Waals surface area contributed by atoms with Crippen molar-refractivity contribution in [2.75, 3.05) is 19.7 Å². The molecule has 0 bridgehead atoms. The van der Waals surface area contributed by atoms with Crippen LogP contribution in [0.3, 0.4) is 0 Å². The predicted octanol–water partition coefficient (Wildman–Crippen LogP) is 2.78. The maximum atomic E-state index is 6.27. The molecule has 2 aliphatic heterocycles. The van der Waals surface area contributed by atoms with E-state index in [-0.39, 0.29) is 5.60 Å². The third kappa shape index (κ3) is 2.71. The van der Waals surface area contributed by atoms with Crippen LogP contribution in [0.5, 0.6) is 0 Å². The SMILES string of the molecule is Cc1ccc(CN2CCC[C@@]3(C[C@@H](n4ccnc4)CO3)C2)o1. The highest BCUT2D eigenvalue weighted by Gasteiger charge is 2.43. The number of aryl methyl sites for hydroxylation is 1. The Morgan fingerprint density at radius 1 is 1.41 bits per heavy atom. The molecule has 2 saturated heterocycles. The van der Waals surface area contributed by atoms with Crippen molar-refractivity contribution in [2.45, 2.75) is 44.4 Å². The Morgan fingerprint density at radius 3 is 3.14 bits per heavy atom. The second-order valence-electron chi connectivity index (χ2n) is 6.69. The first-order valence-electron chi connectivity index (χ1n) is 8.12. The Hall–Kier alpha value is -1.59. The second-order valence-corrected chi connectivity index (χ2v) is 6.69. The van der Waals surface area contributed by atoms with E-state index in [1.54, 1.807) is 0 Å². The van der Waals surface area contributed by atoms with Crippen LogP contribution in [-0.2, 0) is 11.3 Å². The molecule has 0 N–H and O–H groups in total. The van der Waals surface area contributed by atoms with Crippen molar-refractivity contribution in [2.24, 2.45) is 0 Å². The van der Waals surface area contributed by atoms with Crippen LogP contribution in [0.2, 0.25) is 0 Å². The van der Waals surface area contributed by atoms with Gasteiger partial charge in [-0.05, 0) is 38.4 Å². The fourth-order valence-corrected chi connectivity index (χ4v) is 3.90. The maximum absolute atomic E-state index is 6.27. The van der Waals surface area contributed by atoms with Crippen LogP contribution in [0.4, 0.5) is 0 Å². The lowest BCUT2D eigenvalue weighted by Crippen LogP contribution is -2.47. The summed E-state index contributed by atoms with van der Waals surface area (Å²) >= 11 is 0. The molecule has 1 spiro atoms. The summed E-state index contributed by atoms with van der Waals surface area (Å²) in [5.41, 5.74) is 0.00875. The topological polar surface area (TPSA) is 43.4 Å². The lowest BCUT2D eigenvalue weighted by Gasteiger charge is -2.39. The molecule has 0 saturated carbocycles. The monoisotopic (exact) mass is 301 g/mol. The molecule has 0 amide bonds. The van der Waals surface area contributed by atoms with Gasteiger partial charge < -0.3 is 13.7 Å². The lowest BCUT2D eigenvalue weighted by atomic mass is 9.88. The number of likely N-dealkylation sites (tertiary alicyclic amines) is 1. The van der Waals surface area contributed by atoms with Gasteiger partial charge in [0.15, 0.2) is 0 Å².